The van der Waals surface area contributed by atoms with Crippen LogP contribution in [0.25, 0.3) is 0 Å². The van der Waals surface area contributed by atoms with Crippen LogP contribution in [0.2, 0.25) is 0 Å². The van der Waals surface area contributed by atoms with Crippen molar-refractivity contribution in [1.82, 2.24) is 0 Å². The molecule has 158 valence electrons. The zero-order valence-electron chi connectivity index (χ0n) is 17.1. The first-order valence-corrected chi connectivity index (χ1v) is 10.6. The van der Waals surface area contributed by atoms with E-state index in [1.807, 2.05) is 6.08 Å². The Hall–Kier alpha value is -1.63. The van der Waals surface area contributed by atoms with Crippen LogP contribution in [0.15, 0.2) is 12.2 Å². The maximum atomic E-state index is 11.8. The van der Waals surface area contributed by atoms with E-state index in [0.717, 1.165) is 0 Å². The lowest BCUT2D eigenvalue weighted by Gasteiger charge is -2.19. The summed E-state index contributed by atoms with van der Waals surface area (Å²) in [7, 11) is 0. The predicted molar refractivity (Wildman–Crippen MR) is 110 cm³/mol. The topological polar surface area (TPSA) is 94.6 Å². The maximum absolute atomic E-state index is 11.8. The Kier molecular flexibility index (Phi) is 13.5. The number of alkyl halides is 1. The van der Waals surface area contributed by atoms with Crippen molar-refractivity contribution in [3.8, 4) is 0 Å². The molecular weight excluding hydrogens is 428 g/mol. The van der Waals surface area contributed by atoms with Gasteiger partial charge >= 0.3 is 5.97 Å². The number of esters is 1. The second-order valence-corrected chi connectivity index (χ2v) is 8.22. The minimum atomic E-state index is -0.586. The zero-order chi connectivity index (χ0) is 21.6. The van der Waals surface area contributed by atoms with Crippen molar-refractivity contribution in [3.05, 3.63) is 12.2 Å². The molecule has 0 atom stereocenters. The molecule has 0 amide bonds. The van der Waals surface area contributed by atoms with Crippen LogP contribution in [-0.4, -0.2) is 40.0 Å². The highest BCUT2D eigenvalue weighted by Gasteiger charge is 2.17. The molecule has 0 saturated heterocycles. The van der Waals surface area contributed by atoms with Gasteiger partial charge in [0.15, 0.2) is 0 Å². The third-order valence-electron chi connectivity index (χ3n) is 3.68. The van der Waals surface area contributed by atoms with Gasteiger partial charge in [-0.3, -0.25) is 24.0 Å². The number of ether oxygens (including phenoxy) is 1. The lowest BCUT2D eigenvalue weighted by molar-refractivity contribution is -0.155. The lowest BCUT2D eigenvalue weighted by Crippen LogP contribution is -2.24. The minimum absolute atomic E-state index is 0.00162. The SMILES string of the molecule is CC(C)(C)OC(=O)CCC(=O)CCC(=O)CCC(=O)CCC(=O)C/C=C/CBr. The quantitative estimate of drug-likeness (QED) is 0.208. The Morgan fingerprint density at radius 2 is 1.07 bits per heavy atom. The standard InChI is InChI=1S/C21H31BrO6/c1-21(2,3)28-20(27)14-13-19(26)12-11-18(25)10-9-17(24)8-7-16(23)6-4-5-15-22/h4-5H,6-15H2,1-3H3/b5-4+. The fourth-order valence-corrected chi connectivity index (χ4v) is 2.49. The first-order chi connectivity index (χ1) is 13.0. The second-order valence-electron chi connectivity index (χ2n) is 7.57. The Bertz CT molecular complexity index is 586. The molecule has 0 aromatic carbocycles. The summed E-state index contributed by atoms with van der Waals surface area (Å²) in [5, 5.41) is 0.685. The highest BCUT2D eigenvalue weighted by Crippen LogP contribution is 2.11. The van der Waals surface area contributed by atoms with Gasteiger partial charge in [-0.2, -0.15) is 0 Å². The summed E-state index contributed by atoms with van der Waals surface area (Å²) in [6.07, 6.45) is 4.57. The third-order valence-corrected chi connectivity index (χ3v) is 4.05. The van der Waals surface area contributed by atoms with Gasteiger partial charge < -0.3 is 4.74 Å². The molecule has 0 aliphatic rings. The van der Waals surface area contributed by atoms with Crippen LogP contribution in [0, 0.1) is 0 Å². The molecule has 0 aromatic heterocycles. The first-order valence-electron chi connectivity index (χ1n) is 9.53. The molecule has 0 unspecified atom stereocenters. The minimum Gasteiger partial charge on any atom is -0.460 e. The van der Waals surface area contributed by atoms with Crippen molar-refractivity contribution in [2.75, 3.05) is 5.33 Å². The Balaban J connectivity index is 3.90. The average molecular weight is 459 g/mol. The highest BCUT2D eigenvalue weighted by molar-refractivity contribution is 9.09. The molecule has 0 aliphatic heterocycles. The van der Waals surface area contributed by atoms with E-state index in [1.54, 1.807) is 26.8 Å². The summed E-state index contributed by atoms with van der Waals surface area (Å²) >= 11 is 3.22. The summed E-state index contributed by atoms with van der Waals surface area (Å²) in [4.78, 5) is 58.5. The van der Waals surface area contributed by atoms with Crippen LogP contribution in [0.5, 0.6) is 0 Å². The van der Waals surface area contributed by atoms with E-state index in [2.05, 4.69) is 15.9 Å². The van der Waals surface area contributed by atoms with Gasteiger partial charge in [0.1, 0.15) is 28.7 Å². The monoisotopic (exact) mass is 458 g/mol. The molecule has 0 aliphatic carbocycles. The molecule has 0 spiro atoms. The zero-order valence-corrected chi connectivity index (χ0v) is 18.6. The van der Waals surface area contributed by atoms with E-state index in [4.69, 9.17) is 4.74 Å². The van der Waals surface area contributed by atoms with Gasteiger partial charge in [-0.25, -0.2) is 0 Å². The third kappa shape index (κ3) is 16.5. The van der Waals surface area contributed by atoms with Crippen molar-refractivity contribution in [1.29, 1.82) is 0 Å². The van der Waals surface area contributed by atoms with Crippen LogP contribution in [0.4, 0.5) is 0 Å². The Morgan fingerprint density at radius 3 is 1.46 bits per heavy atom. The van der Waals surface area contributed by atoms with E-state index in [1.165, 1.54) is 0 Å². The highest BCUT2D eigenvalue weighted by atomic mass is 79.9. The van der Waals surface area contributed by atoms with E-state index in [0.29, 0.717) is 11.8 Å². The van der Waals surface area contributed by atoms with Crippen LogP contribution in [0.3, 0.4) is 0 Å². The number of hydrogen-bond acceptors (Lipinski definition) is 6. The van der Waals surface area contributed by atoms with Crippen molar-refractivity contribution in [2.24, 2.45) is 0 Å². The number of Topliss-reactive ketones (excluding diaryl/α,β-unsaturated/α-hetero) is 4. The smallest absolute Gasteiger partial charge is 0.306 e. The van der Waals surface area contributed by atoms with Crippen molar-refractivity contribution in [2.45, 2.75) is 84.2 Å². The fourth-order valence-electron chi connectivity index (χ4n) is 2.23. The largest absolute Gasteiger partial charge is 0.460 e. The van der Waals surface area contributed by atoms with Gasteiger partial charge in [-0.15, -0.1) is 0 Å². The molecular formula is C21H31BrO6. The summed E-state index contributed by atoms with van der Waals surface area (Å²) in [5.41, 5.74) is -0.586. The van der Waals surface area contributed by atoms with Crippen molar-refractivity contribution in [3.63, 3.8) is 0 Å². The van der Waals surface area contributed by atoms with Gasteiger partial charge in [0, 0.05) is 56.7 Å². The molecule has 0 radical (unpaired) electrons. The molecule has 28 heavy (non-hydrogen) atoms. The molecule has 7 heteroatoms. The number of allylic oxidation sites excluding steroid dienone is 2. The summed E-state index contributed by atoms with van der Waals surface area (Å²) in [6.45, 7) is 5.26. The van der Waals surface area contributed by atoms with Gasteiger partial charge in [0.25, 0.3) is 0 Å². The molecule has 0 rings (SSSR count). The summed E-state index contributed by atoms with van der Waals surface area (Å²) < 4.78 is 5.12. The van der Waals surface area contributed by atoms with Gasteiger partial charge in [-0.1, -0.05) is 28.1 Å². The normalized spacial score (nSPS) is 11.4. The van der Waals surface area contributed by atoms with Crippen LogP contribution >= 0.6 is 15.9 Å². The maximum Gasteiger partial charge on any atom is 0.306 e. The van der Waals surface area contributed by atoms with Gasteiger partial charge in [0.05, 0.1) is 6.42 Å². The molecule has 0 fully saturated rings. The van der Waals surface area contributed by atoms with Crippen LogP contribution < -0.4 is 0 Å². The summed E-state index contributed by atoms with van der Waals surface area (Å²) in [5.74, 6) is -0.900. The number of halogens is 1. The number of ketones is 4. The van der Waals surface area contributed by atoms with E-state index in [-0.39, 0.29) is 74.5 Å². The molecule has 0 bridgehead atoms. The average Bonchev–Trinajstić information content (AvgIpc) is 2.60. The number of hydrogen-bond donors (Lipinski definition) is 0. The molecule has 0 saturated carbocycles. The van der Waals surface area contributed by atoms with Gasteiger partial charge in [-0.05, 0) is 20.8 Å². The summed E-state index contributed by atoms with van der Waals surface area (Å²) in [6, 6.07) is 0. The molecule has 0 N–H and O–H groups in total. The Labute approximate surface area is 175 Å². The van der Waals surface area contributed by atoms with E-state index < -0.39 is 11.6 Å². The fraction of sp³-hybridized carbons (Fsp3) is 0.667. The van der Waals surface area contributed by atoms with Gasteiger partial charge in [0.2, 0.25) is 0 Å². The first kappa shape index (κ1) is 26.4. The van der Waals surface area contributed by atoms with Crippen molar-refractivity contribution >= 4 is 45.0 Å². The molecule has 6 nitrogen and oxygen atoms in total. The second kappa shape index (κ2) is 14.4. The van der Waals surface area contributed by atoms with Crippen LogP contribution in [-0.2, 0) is 28.7 Å². The predicted octanol–water partition coefficient (Wildman–Crippen LogP) is 4.07. The number of carbonyl (C=O) groups excluding carboxylic acids is 5. The molecule has 0 heterocycles. The van der Waals surface area contributed by atoms with Crippen molar-refractivity contribution < 1.29 is 28.7 Å². The number of rotatable bonds is 15. The lowest BCUT2D eigenvalue weighted by atomic mass is 10.0. The van der Waals surface area contributed by atoms with E-state index >= 15 is 0 Å². The molecule has 0 aromatic rings. The van der Waals surface area contributed by atoms with E-state index in [9.17, 15) is 24.0 Å². The number of carbonyl (C=O) groups is 5. The Morgan fingerprint density at radius 1 is 0.679 bits per heavy atom. The van der Waals surface area contributed by atoms with Crippen LogP contribution in [0.1, 0.15) is 78.6 Å².